The number of nitrogens with one attached hydrogen (secondary N) is 1. The van der Waals surface area contributed by atoms with E-state index in [2.05, 4.69) is 16.4 Å². The lowest BCUT2D eigenvalue weighted by molar-refractivity contribution is 0.0972. The van der Waals surface area contributed by atoms with Crippen molar-refractivity contribution in [1.29, 1.82) is 0 Å². The minimum Gasteiger partial charge on any atom is -0.377 e. The second-order valence-corrected chi connectivity index (χ2v) is 6.29. The van der Waals surface area contributed by atoms with Crippen LogP contribution in [0.1, 0.15) is 33.9 Å². The lowest BCUT2D eigenvalue weighted by Crippen LogP contribution is -2.23. The largest absolute Gasteiger partial charge is 0.377 e. The average molecular weight is 323 g/mol. The van der Waals surface area contributed by atoms with Crippen LogP contribution in [-0.4, -0.2) is 10.8 Å². The maximum absolute atomic E-state index is 12.4. The minimum atomic E-state index is -0.151. The van der Waals surface area contributed by atoms with Gasteiger partial charge in [-0.2, -0.15) is 0 Å². The molecule has 1 N–H and O–H groups in total. The highest BCUT2D eigenvalue weighted by Crippen LogP contribution is 2.36. The van der Waals surface area contributed by atoms with E-state index >= 15 is 0 Å². The molecule has 1 aromatic heterocycles. The molecule has 1 aliphatic heterocycles. The van der Waals surface area contributed by atoms with E-state index in [4.69, 9.17) is 11.6 Å². The van der Waals surface area contributed by atoms with Crippen LogP contribution >= 0.6 is 11.6 Å². The molecule has 0 bridgehead atoms. The second kappa shape index (κ2) is 5.36. The molecule has 2 heterocycles. The minimum absolute atomic E-state index is 0.129. The standard InChI is InChI=1S/C19H15ClN2O/c1-11-6-7-15-12(8-11)9-14(19(20)22-15)17-10-18(23)13-4-2-3-5-16(13)21-17/h2-9,17,21H,10H2,1H3/t17-/m1/s1. The average Bonchev–Trinajstić information content (AvgIpc) is 2.54. The molecular weight excluding hydrogens is 308 g/mol. The molecular formula is C19H15ClN2O. The van der Waals surface area contributed by atoms with E-state index in [-0.39, 0.29) is 11.8 Å². The third-order valence-electron chi connectivity index (χ3n) is 4.27. The van der Waals surface area contributed by atoms with Gasteiger partial charge in [0.1, 0.15) is 5.15 Å². The monoisotopic (exact) mass is 322 g/mol. The molecule has 114 valence electrons. The number of aryl methyl sites for hydroxylation is 1. The van der Waals surface area contributed by atoms with Crippen molar-refractivity contribution in [2.75, 3.05) is 5.32 Å². The summed E-state index contributed by atoms with van der Waals surface area (Å²) in [7, 11) is 0. The highest BCUT2D eigenvalue weighted by molar-refractivity contribution is 6.30. The van der Waals surface area contributed by atoms with Crippen LogP contribution in [0, 0.1) is 6.92 Å². The third-order valence-corrected chi connectivity index (χ3v) is 4.58. The Morgan fingerprint density at radius 2 is 2.00 bits per heavy atom. The molecule has 0 saturated carbocycles. The zero-order valence-corrected chi connectivity index (χ0v) is 13.4. The maximum atomic E-state index is 12.4. The number of anilines is 1. The summed E-state index contributed by atoms with van der Waals surface area (Å²) < 4.78 is 0. The van der Waals surface area contributed by atoms with Gasteiger partial charge in [0.25, 0.3) is 0 Å². The molecule has 4 heteroatoms. The number of halogens is 1. The number of fused-ring (bicyclic) bond motifs is 2. The summed E-state index contributed by atoms with van der Waals surface area (Å²) >= 11 is 6.39. The van der Waals surface area contributed by atoms with Crippen LogP contribution in [0.3, 0.4) is 0 Å². The topological polar surface area (TPSA) is 42.0 Å². The SMILES string of the molecule is Cc1ccc2nc(Cl)c([C@H]3CC(=O)c4ccccc4N3)cc2c1. The number of carbonyl (C=O) groups is 1. The van der Waals surface area contributed by atoms with Crippen LogP contribution in [0.15, 0.2) is 48.5 Å². The van der Waals surface area contributed by atoms with E-state index in [9.17, 15) is 4.79 Å². The van der Waals surface area contributed by atoms with Gasteiger partial charge in [-0.1, -0.05) is 35.4 Å². The number of hydrogen-bond donors (Lipinski definition) is 1. The van der Waals surface area contributed by atoms with Gasteiger partial charge < -0.3 is 5.32 Å². The Bertz CT molecular complexity index is 936. The Morgan fingerprint density at radius 3 is 2.87 bits per heavy atom. The molecule has 0 saturated heterocycles. The first-order valence-corrected chi connectivity index (χ1v) is 7.95. The molecule has 2 aromatic carbocycles. The van der Waals surface area contributed by atoms with Gasteiger partial charge in [-0.3, -0.25) is 4.79 Å². The van der Waals surface area contributed by atoms with Crippen molar-refractivity contribution in [1.82, 2.24) is 4.98 Å². The quantitative estimate of drug-likeness (QED) is 0.645. The van der Waals surface area contributed by atoms with E-state index in [0.717, 1.165) is 27.7 Å². The van der Waals surface area contributed by atoms with Crippen molar-refractivity contribution in [3.63, 3.8) is 0 Å². The van der Waals surface area contributed by atoms with Crippen LogP contribution in [0.25, 0.3) is 10.9 Å². The first-order valence-electron chi connectivity index (χ1n) is 7.57. The molecule has 0 radical (unpaired) electrons. The number of para-hydroxylation sites is 1. The fraction of sp³-hybridized carbons (Fsp3) is 0.158. The molecule has 4 rings (SSSR count). The van der Waals surface area contributed by atoms with Gasteiger partial charge in [-0.05, 0) is 37.3 Å². The fourth-order valence-electron chi connectivity index (χ4n) is 3.11. The summed E-state index contributed by atoms with van der Waals surface area (Å²) in [4.78, 5) is 16.9. The normalized spacial score (nSPS) is 17.0. The number of nitrogens with zero attached hydrogens (tertiary/aromatic N) is 1. The number of Topliss-reactive ketones (excluding diaryl/α,β-unsaturated/α-hetero) is 1. The van der Waals surface area contributed by atoms with Crippen LogP contribution in [0.5, 0.6) is 0 Å². The fourth-order valence-corrected chi connectivity index (χ4v) is 3.38. The smallest absolute Gasteiger partial charge is 0.167 e. The van der Waals surface area contributed by atoms with Crippen molar-refractivity contribution in [3.8, 4) is 0 Å². The van der Waals surface area contributed by atoms with Crippen molar-refractivity contribution in [2.24, 2.45) is 0 Å². The Hall–Kier alpha value is -2.39. The lowest BCUT2D eigenvalue weighted by atomic mass is 9.92. The van der Waals surface area contributed by atoms with E-state index in [1.165, 1.54) is 5.56 Å². The Labute approximate surface area is 139 Å². The number of rotatable bonds is 1. The van der Waals surface area contributed by atoms with Crippen LogP contribution in [0.2, 0.25) is 5.15 Å². The molecule has 0 unspecified atom stereocenters. The summed E-state index contributed by atoms with van der Waals surface area (Å²) in [5.41, 5.74) is 4.50. The zero-order valence-electron chi connectivity index (χ0n) is 12.6. The number of pyridine rings is 1. The van der Waals surface area contributed by atoms with Crippen LogP contribution < -0.4 is 5.32 Å². The van der Waals surface area contributed by atoms with E-state index < -0.39 is 0 Å². The molecule has 0 spiro atoms. The number of benzene rings is 2. The lowest BCUT2D eigenvalue weighted by Gasteiger charge is -2.27. The summed E-state index contributed by atoms with van der Waals surface area (Å²) in [6.07, 6.45) is 0.385. The molecule has 23 heavy (non-hydrogen) atoms. The Kier molecular flexibility index (Phi) is 3.31. The van der Waals surface area contributed by atoms with Crippen molar-refractivity contribution in [3.05, 3.63) is 70.4 Å². The first-order chi connectivity index (χ1) is 11.1. The summed E-state index contributed by atoms with van der Waals surface area (Å²) in [6.45, 7) is 2.05. The summed E-state index contributed by atoms with van der Waals surface area (Å²) in [6, 6.07) is 15.5. The van der Waals surface area contributed by atoms with Gasteiger partial charge in [0.15, 0.2) is 5.78 Å². The Morgan fingerprint density at radius 1 is 1.17 bits per heavy atom. The van der Waals surface area contributed by atoms with Crippen molar-refractivity contribution in [2.45, 2.75) is 19.4 Å². The van der Waals surface area contributed by atoms with Gasteiger partial charge in [0.05, 0.1) is 11.6 Å². The van der Waals surface area contributed by atoms with Gasteiger partial charge in [-0.15, -0.1) is 0 Å². The second-order valence-electron chi connectivity index (χ2n) is 5.93. The molecule has 0 amide bonds. The highest BCUT2D eigenvalue weighted by atomic mass is 35.5. The number of ketones is 1. The number of aromatic nitrogens is 1. The molecule has 1 aliphatic rings. The van der Waals surface area contributed by atoms with Crippen molar-refractivity contribution < 1.29 is 4.79 Å². The van der Waals surface area contributed by atoms with Crippen molar-refractivity contribution >= 4 is 34.0 Å². The van der Waals surface area contributed by atoms with Gasteiger partial charge >= 0.3 is 0 Å². The van der Waals surface area contributed by atoms with E-state index in [1.54, 1.807) is 0 Å². The molecule has 3 nitrogen and oxygen atoms in total. The van der Waals surface area contributed by atoms with Crippen LogP contribution in [0.4, 0.5) is 5.69 Å². The first kappa shape index (κ1) is 14.2. The van der Waals surface area contributed by atoms with Crippen LogP contribution in [-0.2, 0) is 0 Å². The summed E-state index contributed by atoms with van der Waals surface area (Å²) in [5, 5.41) is 4.91. The Balaban J connectivity index is 1.80. The molecule has 0 fully saturated rings. The van der Waals surface area contributed by atoms with Gasteiger partial charge in [0, 0.05) is 28.6 Å². The van der Waals surface area contributed by atoms with Gasteiger partial charge in [-0.25, -0.2) is 4.98 Å². The zero-order chi connectivity index (χ0) is 16.0. The predicted molar refractivity (Wildman–Crippen MR) is 93.2 cm³/mol. The third kappa shape index (κ3) is 2.47. The summed E-state index contributed by atoms with van der Waals surface area (Å²) in [5.74, 6) is 0.129. The molecule has 0 aliphatic carbocycles. The number of hydrogen-bond acceptors (Lipinski definition) is 3. The highest BCUT2D eigenvalue weighted by Gasteiger charge is 2.27. The van der Waals surface area contributed by atoms with E-state index in [1.807, 2.05) is 49.4 Å². The van der Waals surface area contributed by atoms with Gasteiger partial charge in [0.2, 0.25) is 0 Å². The molecule has 1 atom stereocenters. The maximum Gasteiger partial charge on any atom is 0.167 e. The predicted octanol–water partition coefficient (Wildman–Crippen LogP) is 4.94. The number of carbonyl (C=O) groups excluding carboxylic acids is 1. The van der Waals surface area contributed by atoms with E-state index in [0.29, 0.717) is 11.6 Å². The molecule has 3 aromatic rings.